The monoisotopic (exact) mass is 632 g/mol. The summed E-state index contributed by atoms with van der Waals surface area (Å²) in [5.74, 6) is -0.694. The number of ether oxygens (including phenoxy) is 2. The minimum atomic E-state index is -0.698. The van der Waals surface area contributed by atoms with Crippen LogP contribution in [0.2, 0.25) is 10.0 Å². The van der Waals surface area contributed by atoms with Crippen molar-refractivity contribution in [2.75, 3.05) is 14.2 Å². The third-order valence-electron chi connectivity index (χ3n) is 7.71. The predicted octanol–water partition coefficient (Wildman–Crippen LogP) is 8.12. The number of halogens is 2. The van der Waals surface area contributed by atoms with Crippen LogP contribution in [0, 0.1) is 5.92 Å². The summed E-state index contributed by atoms with van der Waals surface area (Å²) in [6.45, 7) is 8.47. The highest BCUT2D eigenvalue weighted by Gasteiger charge is 2.39. The Labute approximate surface area is 270 Å². The number of hydrogen-bond donors (Lipinski definition) is 0. The number of hydrogen-bond acceptors (Lipinski definition) is 7. The van der Waals surface area contributed by atoms with E-state index in [0.717, 1.165) is 36.0 Å². The highest BCUT2D eigenvalue weighted by atomic mass is 35.5. The number of benzene rings is 1. The summed E-state index contributed by atoms with van der Waals surface area (Å²) in [6.07, 6.45) is 3.77. The van der Waals surface area contributed by atoms with Crippen molar-refractivity contribution in [2.24, 2.45) is 10.9 Å². The fraction of sp³-hybridized carbons (Fsp3) is 0.382. The molecule has 3 aromatic rings. The highest BCUT2D eigenvalue weighted by molar-refractivity contribution is 6.86. The average molecular weight is 633 g/mol. The number of methoxy groups -OCH3 is 2. The lowest BCUT2D eigenvalue weighted by atomic mass is 9.62. The van der Waals surface area contributed by atoms with Crippen LogP contribution in [-0.4, -0.2) is 49.0 Å². The molecular weight excluding hydrogens is 596 g/mol. The fourth-order valence-electron chi connectivity index (χ4n) is 5.88. The lowest BCUT2D eigenvalue weighted by Gasteiger charge is -2.35. The molecule has 0 spiro atoms. The number of aromatic nitrogens is 2. The Bertz CT molecular complexity index is 1610. The summed E-state index contributed by atoms with van der Waals surface area (Å²) >= 11 is 12.6. The molecule has 10 heteroatoms. The maximum atomic E-state index is 13.4. The number of aliphatic imine (C=N–C) groups is 1. The van der Waals surface area contributed by atoms with Crippen LogP contribution >= 0.6 is 23.2 Å². The normalized spacial score (nSPS) is 13.2. The molecule has 0 N–H and O–H groups in total. The van der Waals surface area contributed by atoms with Gasteiger partial charge in [0.15, 0.2) is 5.69 Å². The van der Waals surface area contributed by atoms with Crippen molar-refractivity contribution in [3.8, 4) is 0 Å². The average Bonchev–Trinajstić information content (AvgIpc) is 3.44. The van der Waals surface area contributed by atoms with Gasteiger partial charge in [-0.15, -0.1) is 0 Å². The summed E-state index contributed by atoms with van der Waals surface area (Å²) in [7, 11) is 4.70. The van der Waals surface area contributed by atoms with Gasteiger partial charge in [0.05, 0.1) is 41.3 Å². The number of allylic oxidation sites excluding steroid dienone is 1. The first-order valence-electron chi connectivity index (χ1n) is 14.9. The van der Waals surface area contributed by atoms with Gasteiger partial charge in [-0.05, 0) is 61.1 Å². The van der Waals surface area contributed by atoms with Crippen LogP contribution in [0.1, 0.15) is 103 Å². The van der Waals surface area contributed by atoms with E-state index in [1.165, 1.54) is 14.2 Å². The van der Waals surface area contributed by atoms with E-state index >= 15 is 0 Å². The second-order valence-electron chi connectivity index (χ2n) is 11.3. The zero-order valence-corrected chi connectivity index (χ0v) is 27.6. The molecular formula is C34H37BCl2N3O4. The summed E-state index contributed by atoms with van der Waals surface area (Å²) in [5, 5.41) is 0.926. The molecule has 2 aromatic heterocycles. The highest BCUT2D eigenvalue weighted by Crippen LogP contribution is 2.42. The van der Waals surface area contributed by atoms with Gasteiger partial charge in [0, 0.05) is 16.6 Å². The second kappa shape index (κ2) is 14.5. The smallest absolute Gasteiger partial charge is 0.356 e. The van der Waals surface area contributed by atoms with Gasteiger partial charge in [-0.3, -0.25) is 4.99 Å². The van der Waals surface area contributed by atoms with Crippen molar-refractivity contribution in [1.82, 2.24) is 9.97 Å². The largest absolute Gasteiger partial charge is 0.464 e. The van der Waals surface area contributed by atoms with E-state index in [9.17, 15) is 9.59 Å². The number of pyridine rings is 2. The minimum absolute atomic E-state index is 0.196. The molecule has 1 aromatic carbocycles. The van der Waals surface area contributed by atoms with Gasteiger partial charge in [-0.1, -0.05) is 87.4 Å². The molecule has 1 aliphatic heterocycles. The van der Waals surface area contributed by atoms with Crippen molar-refractivity contribution >= 4 is 53.7 Å². The summed E-state index contributed by atoms with van der Waals surface area (Å²) in [4.78, 5) is 40.4. The first-order chi connectivity index (χ1) is 21.1. The zero-order valence-electron chi connectivity index (χ0n) is 26.0. The van der Waals surface area contributed by atoms with E-state index in [1.54, 1.807) is 18.2 Å². The fourth-order valence-corrected chi connectivity index (χ4v) is 6.18. The van der Waals surface area contributed by atoms with E-state index in [4.69, 9.17) is 47.6 Å². The van der Waals surface area contributed by atoms with Crippen molar-refractivity contribution in [3.63, 3.8) is 0 Å². The molecule has 0 atom stereocenters. The Balaban J connectivity index is 1.88. The Hall–Kier alpha value is -3.49. The minimum Gasteiger partial charge on any atom is -0.464 e. The molecule has 229 valence electrons. The molecule has 0 fully saturated rings. The molecule has 0 unspecified atom stereocenters. The molecule has 1 radical (unpaired) electrons. The zero-order chi connectivity index (χ0) is 32.0. The van der Waals surface area contributed by atoms with Crippen LogP contribution in [-0.2, 0) is 14.9 Å². The van der Waals surface area contributed by atoms with Crippen molar-refractivity contribution in [1.29, 1.82) is 0 Å². The first kappa shape index (κ1) is 33.4. The van der Waals surface area contributed by atoms with E-state index in [-0.39, 0.29) is 11.4 Å². The molecule has 3 heterocycles. The quantitative estimate of drug-likeness (QED) is 0.148. The van der Waals surface area contributed by atoms with E-state index in [0.29, 0.717) is 51.4 Å². The Morgan fingerprint density at radius 1 is 0.909 bits per heavy atom. The number of esters is 2. The molecule has 0 amide bonds. The van der Waals surface area contributed by atoms with Crippen molar-refractivity contribution in [2.45, 2.75) is 65.2 Å². The predicted molar refractivity (Wildman–Crippen MR) is 177 cm³/mol. The standard InChI is InChI=1S/C34H37BCl2N3O4/c1-7-16-34(17-8-2,28-11-9-10-27(38-28)32(41)43-5)22-13-15-26(39-30(22)33(42)44-6)31-35-23(18-20(3)4)29(40-31)21-12-14-24(36)25(37)19-21/h9-15,19-20H,7-8,16-18H2,1-6H3. The Kier molecular flexibility index (Phi) is 11.0. The first-order valence-corrected chi connectivity index (χ1v) is 15.6. The van der Waals surface area contributed by atoms with Crippen molar-refractivity contribution < 1.29 is 19.1 Å². The number of carbonyl (C=O) groups is 2. The Morgan fingerprint density at radius 2 is 1.61 bits per heavy atom. The van der Waals surface area contributed by atoms with E-state index in [2.05, 4.69) is 27.7 Å². The van der Waals surface area contributed by atoms with Crippen LogP contribution in [0.5, 0.6) is 0 Å². The van der Waals surface area contributed by atoms with Gasteiger partial charge >= 0.3 is 11.9 Å². The molecule has 44 heavy (non-hydrogen) atoms. The van der Waals surface area contributed by atoms with E-state index in [1.807, 2.05) is 37.6 Å². The number of nitrogens with zero attached hydrogens (tertiary/aromatic N) is 3. The van der Waals surface area contributed by atoms with Crippen molar-refractivity contribution in [3.05, 3.63) is 98.0 Å². The van der Waals surface area contributed by atoms with Crippen LogP contribution in [0.4, 0.5) is 0 Å². The van der Waals surface area contributed by atoms with E-state index < -0.39 is 17.4 Å². The second-order valence-corrected chi connectivity index (χ2v) is 12.1. The van der Waals surface area contributed by atoms with Gasteiger partial charge < -0.3 is 9.47 Å². The Morgan fingerprint density at radius 3 is 2.23 bits per heavy atom. The van der Waals surface area contributed by atoms with Gasteiger partial charge in [0.1, 0.15) is 5.69 Å². The summed E-state index contributed by atoms with van der Waals surface area (Å²) in [6, 6.07) is 14.6. The van der Waals surface area contributed by atoms with Crippen LogP contribution in [0.15, 0.2) is 59.0 Å². The molecule has 0 bridgehead atoms. The summed E-state index contributed by atoms with van der Waals surface area (Å²) < 4.78 is 10.2. The van der Waals surface area contributed by atoms with Gasteiger partial charge in [0.2, 0.25) is 7.28 Å². The maximum absolute atomic E-state index is 13.4. The third-order valence-corrected chi connectivity index (χ3v) is 8.45. The van der Waals surface area contributed by atoms with Gasteiger partial charge in [0.25, 0.3) is 0 Å². The van der Waals surface area contributed by atoms with Crippen LogP contribution < -0.4 is 0 Å². The third kappa shape index (κ3) is 6.92. The maximum Gasteiger partial charge on any atom is 0.356 e. The van der Waals surface area contributed by atoms with Crippen LogP contribution in [0.25, 0.3) is 5.70 Å². The molecule has 0 aliphatic carbocycles. The SMILES string of the molecule is CCCC(CCC)(c1cccc(C(=O)OC)n1)c1ccc(C2=NC(c3ccc(Cl)c(Cl)c3)=C(CC(C)C)[B]2)nc1C(=O)OC. The van der Waals surface area contributed by atoms with Crippen LogP contribution in [0.3, 0.4) is 0 Å². The number of rotatable bonds is 12. The lowest BCUT2D eigenvalue weighted by Crippen LogP contribution is -2.33. The topological polar surface area (TPSA) is 90.7 Å². The summed E-state index contributed by atoms with van der Waals surface area (Å²) in [5.41, 5.74) is 4.97. The number of carbonyl (C=O) groups excluding carboxylic acids is 2. The molecule has 4 rings (SSSR count). The van der Waals surface area contributed by atoms with Gasteiger partial charge in [-0.2, -0.15) is 0 Å². The molecule has 0 saturated carbocycles. The molecule has 7 nitrogen and oxygen atoms in total. The lowest BCUT2D eigenvalue weighted by molar-refractivity contribution is 0.0581. The van der Waals surface area contributed by atoms with Gasteiger partial charge in [-0.25, -0.2) is 19.6 Å². The molecule has 0 saturated heterocycles. The molecule has 1 aliphatic rings.